The van der Waals surface area contributed by atoms with E-state index in [1.54, 1.807) is 6.07 Å². The molecular weight excluding hydrogens is 422 g/mol. The van der Waals surface area contributed by atoms with Crippen LogP contribution < -0.4 is 9.47 Å². The van der Waals surface area contributed by atoms with Crippen LogP contribution in [0.25, 0.3) is 0 Å². The Morgan fingerprint density at radius 1 is 1.03 bits per heavy atom. The molecule has 0 aromatic heterocycles. The molecule has 0 saturated carbocycles. The van der Waals surface area contributed by atoms with Crippen molar-refractivity contribution < 1.29 is 29.3 Å². The third kappa shape index (κ3) is 6.18. The number of aromatic hydroxyl groups is 1. The first-order valence-electron chi connectivity index (χ1n) is 11.6. The number of carboxylic acid groups (broad SMARTS) is 1. The molecule has 0 spiro atoms. The van der Waals surface area contributed by atoms with Gasteiger partial charge in [0.05, 0.1) is 0 Å². The first-order valence-corrected chi connectivity index (χ1v) is 11.6. The Balaban J connectivity index is 0.000000968. The van der Waals surface area contributed by atoms with Crippen molar-refractivity contribution in [1.29, 1.82) is 0 Å². The largest absolute Gasteiger partial charge is 0.508 e. The molecule has 178 valence electrons. The van der Waals surface area contributed by atoms with Gasteiger partial charge in [0, 0.05) is 19.0 Å². The molecule has 0 fully saturated rings. The predicted octanol–water partition coefficient (Wildman–Crippen LogP) is 3.97. The topological polar surface area (TPSA) is 96.3 Å². The highest BCUT2D eigenvalue weighted by molar-refractivity contribution is 5.78. The number of amides is 1. The Bertz CT molecular complexity index is 973. The number of aryl methyl sites for hydroxylation is 3. The average molecular weight is 456 g/mol. The molecular formula is C26H33NO6. The Kier molecular flexibility index (Phi) is 8.58. The van der Waals surface area contributed by atoms with Crippen molar-refractivity contribution in [3.05, 3.63) is 52.6 Å². The van der Waals surface area contributed by atoms with Gasteiger partial charge >= 0.3 is 0 Å². The summed E-state index contributed by atoms with van der Waals surface area (Å²) in [6.45, 7) is 5.55. The standard InChI is InChI=1S/C25H31NO4.CH2O2/c1-3-17(2)25(28)26-11-4-5-19-14-23-24(30-16-29-23)15-20(19)7-8-21-13-18(10-12-26)6-9-22(21)27;2-1-3/h6,9,13-15,17,27H,3-5,7-8,10-12,16H2,1-2H3;1H,(H,2,3). The van der Waals surface area contributed by atoms with E-state index in [0.717, 1.165) is 67.7 Å². The molecule has 7 heteroatoms. The van der Waals surface area contributed by atoms with E-state index in [-0.39, 0.29) is 25.1 Å². The van der Waals surface area contributed by atoms with Crippen LogP contribution in [0, 0.1) is 5.92 Å². The van der Waals surface area contributed by atoms with Crippen LogP contribution in [0.15, 0.2) is 30.3 Å². The Morgan fingerprint density at radius 2 is 1.67 bits per heavy atom. The minimum Gasteiger partial charge on any atom is -0.508 e. The number of hydrogen-bond acceptors (Lipinski definition) is 5. The van der Waals surface area contributed by atoms with Crippen molar-refractivity contribution in [2.75, 3.05) is 19.9 Å². The Morgan fingerprint density at radius 3 is 2.33 bits per heavy atom. The molecule has 0 radical (unpaired) electrons. The van der Waals surface area contributed by atoms with Crippen molar-refractivity contribution >= 4 is 12.4 Å². The normalized spacial score (nSPS) is 16.1. The van der Waals surface area contributed by atoms with E-state index in [1.807, 2.05) is 17.9 Å². The third-order valence-corrected chi connectivity index (χ3v) is 6.39. The van der Waals surface area contributed by atoms with Crippen molar-refractivity contribution in [3.63, 3.8) is 0 Å². The molecule has 1 atom stereocenters. The van der Waals surface area contributed by atoms with E-state index in [4.69, 9.17) is 19.4 Å². The summed E-state index contributed by atoms with van der Waals surface area (Å²) >= 11 is 0. The molecule has 0 aliphatic carbocycles. The first-order chi connectivity index (χ1) is 16.0. The van der Waals surface area contributed by atoms with Crippen LogP contribution >= 0.6 is 0 Å². The highest BCUT2D eigenvalue weighted by Crippen LogP contribution is 2.36. The smallest absolute Gasteiger partial charge is 0.290 e. The molecule has 1 unspecified atom stereocenters. The molecule has 2 aromatic carbocycles. The maximum absolute atomic E-state index is 12.9. The second kappa shape index (κ2) is 11.6. The number of phenolic OH excluding ortho intramolecular Hbond substituents is 1. The molecule has 4 rings (SSSR count). The molecule has 2 bridgehead atoms. The van der Waals surface area contributed by atoms with Gasteiger partial charge in [0.2, 0.25) is 12.7 Å². The first kappa shape index (κ1) is 24.4. The molecule has 7 nitrogen and oxygen atoms in total. The maximum Gasteiger partial charge on any atom is 0.290 e. The number of nitrogens with zero attached hydrogens (tertiary/aromatic N) is 1. The minimum absolute atomic E-state index is 0.0390. The number of ether oxygens (including phenoxy) is 2. The van der Waals surface area contributed by atoms with Gasteiger partial charge in [-0.1, -0.05) is 26.0 Å². The van der Waals surface area contributed by atoms with Gasteiger partial charge in [0.25, 0.3) is 6.47 Å². The van der Waals surface area contributed by atoms with E-state index in [9.17, 15) is 9.90 Å². The van der Waals surface area contributed by atoms with Crippen LogP contribution in [0.5, 0.6) is 17.2 Å². The van der Waals surface area contributed by atoms with Crippen LogP contribution in [0.1, 0.15) is 48.9 Å². The van der Waals surface area contributed by atoms with Crippen LogP contribution in [0.4, 0.5) is 0 Å². The molecule has 2 aliphatic heterocycles. The van der Waals surface area contributed by atoms with Gasteiger partial charge in [-0.15, -0.1) is 0 Å². The van der Waals surface area contributed by atoms with Gasteiger partial charge in [-0.05, 0) is 79.0 Å². The van der Waals surface area contributed by atoms with E-state index >= 15 is 0 Å². The van der Waals surface area contributed by atoms with Crippen LogP contribution in [-0.2, 0) is 35.3 Å². The van der Waals surface area contributed by atoms with Gasteiger partial charge < -0.3 is 24.6 Å². The third-order valence-electron chi connectivity index (χ3n) is 6.39. The number of phenols is 1. The lowest BCUT2D eigenvalue weighted by atomic mass is 9.95. The minimum atomic E-state index is -0.250. The molecule has 1 amide bonds. The highest BCUT2D eigenvalue weighted by atomic mass is 16.7. The van der Waals surface area contributed by atoms with Gasteiger partial charge in [-0.2, -0.15) is 0 Å². The monoisotopic (exact) mass is 455 g/mol. The van der Waals surface area contributed by atoms with Crippen molar-refractivity contribution in [1.82, 2.24) is 4.90 Å². The second-order valence-electron chi connectivity index (χ2n) is 8.53. The summed E-state index contributed by atoms with van der Waals surface area (Å²) in [6, 6.07) is 10.0. The molecule has 2 aromatic rings. The number of carbonyl (C=O) groups excluding carboxylic acids is 1. The van der Waals surface area contributed by atoms with Crippen molar-refractivity contribution in [2.45, 2.75) is 52.4 Å². The molecule has 33 heavy (non-hydrogen) atoms. The van der Waals surface area contributed by atoms with E-state index in [1.165, 1.54) is 11.1 Å². The van der Waals surface area contributed by atoms with Gasteiger partial charge in [0.15, 0.2) is 11.5 Å². The number of rotatable bonds is 2. The lowest BCUT2D eigenvalue weighted by molar-refractivity contribution is -0.135. The predicted molar refractivity (Wildman–Crippen MR) is 125 cm³/mol. The fraction of sp³-hybridized carbons (Fsp3) is 0.462. The van der Waals surface area contributed by atoms with Gasteiger partial charge in [-0.3, -0.25) is 9.59 Å². The summed E-state index contributed by atoms with van der Waals surface area (Å²) in [7, 11) is 0. The lowest BCUT2D eigenvalue weighted by Gasteiger charge is -2.26. The molecule has 2 heterocycles. The highest BCUT2D eigenvalue weighted by Gasteiger charge is 2.21. The summed E-state index contributed by atoms with van der Waals surface area (Å²) < 4.78 is 11.2. The van der Waals surface area contributed by atoms with Crippen molar-refractivity contribution in [2.24, 2.45) is 5.92 Å². The number of carbonyl (C=O) groups is 2. The van der Waals surface area contributed by atoms with Crippen LogP contribution in [-0.4, -0.2) is 47.4 Å². The fourth-order valence-electron chi connectivity index (χ4n) is 4.30. The molecule has 0 saturated heterocycles. The van der Waals surface area contributed by atoms with E-state index < -0.39 is 0 Å². The van der Waals surface area contributed by atoms with Gasteiger partial charge in [0.1, 0.15) is 5.75 Å². The SMILES string of the molecule is CCC(C)C(=O)N1CCCc2cc3c(cc2CCc2cc(ccc2O)CC1)OCO3.O=CO. The average Bonchev–Trinajstić information content (AvgIpc) is 3.27. The quantitative estimate of drug-likeness (QED) is 0.665. The van der Waals surface area contributed by atoms with E-state index in [2.05, 4.69) is 25.1 Å². The number of benzene rings is 2. The van der Waals surface area contributed by atoms with Crippen LogP contribution in [0.3, 0.4) is 0 Å². The van der Waals surface area contributed by atoms with Crippen LogP contribution in [0.2, 0.25) is 0 Å². The Labute approximate surface area is 194 Å². The fourth-order valence-corrected chi connectivity index (χ4v) is 4.30. The molecule has 2 aliphatic rings. The zero-order chi connectivity index (χ0) is 23.8. The summed E-state index contributed by atoms with van der Waals surface area (Å²) in [5.41, 5.74) is 4.58. The summed E-state index contributed by atoms with van der Waals surface area (Å²) in [5.74, 6) is 2.21. The zero-order valence-corrected chi connectivity index (χ0v) is 19.4. The maximum atomic E-state index is 12.9. The number of fused-ring (bicyclic) bond motifs is 4. The second-order valence-corrected chi connectivity index (χ2v) is 8.53. The Hall–Kier alpha value is -3.22. The number of hydrogen-bond donors (Lipinski definition) is 2. The molecule has 2 N–H and O–H groups in total. The van der Waals surface area contributed by atoms with Crippen molar-refractivity contribution in [3.8, 4) is 17.2 Å². The summed E-state index contributed by atoms with van der Waals surface area (Å²) in [5, 5.41) is 17.3. The van der Waals surface area contributed by atoms with E-state index in [0.29, 0.717) is 12.3 Å². The van der Waals surface area contributed by atoms with Gasteiger partial charge in [-0.25, -0.2) is 0 Å². The summed E-state index contributed by atoms with van der Waals surface area (Å²) in [4.78, 5) is 23.3. The summed E-state index contributed by atoms with van der Waals surface area (Å²) in [6.07, 6.45) is 5.06. The zero-order valence-electron chi connectivity index (χ0n) is 19.4. The lowest BCUT2D eigenvalue weighted by Crippen LogP contribution is -2.37.